The molecule has 2 N–H and O–H groups in total. The molecule has 8 heteroatoms. The van der Waals surface area contributed by atoms with Gasteiger partial charge in [-0.2, -0.15) is 5.10 Å². The van der Waals surface area contributed by atoms with Crippen LogP contribution in [0.4, 0.5) is 5.69 Å². The van der Waals surface area contributed by atoms with Crippen LogP contribution >= 0.6 is 0 Å². The molecule has 8 nitrogen and oxygen atoms in total. The second kappa shape index (κ2) is 9.50. The average molecular weight is 395 g/mol. The van der Waals surface area contributed by atoms with Crippen molar-refractivity contribution in [3.63, 3.8) is 0 Å². The summed E-state index contributed by atoms with van der Waals surface area (Å²) in [7, 11) is 6.46. The monoisotopic (exact) mass is 395 g/mol. The number of ether oxygens (including phenoxy) is 3. The number of hydrogen-bond acceptors (Lipinski definition) is 5. The predicted octanol–water partition coefficient (Wildman–Crippen LogP) is 3.09. The molecule has 152 valence electrons. The zero-order chi connectivity index (χ0) is 20.6. The maximum absolute atomic E-state index is 5.40. The van der Waals surface area contributed by atoms with Gasteiger partial charge in [0.2, 0.25) is 5.75 Å². The minimum absolute atomic E-state index is 0.541. The van der Waals surface area contributed by atoms with E-state index in [1.807, 2.05) is 47.3 Å². The van der Waals surface area contributed by atoms with Gasteiger partial charge in [-0.05, 0) is 23.8 Å². The minimum Gasteiger partial charge on any atom is -0.493 e. The molecule has 3 rings (SSSR count). The number of benzene rings is 2. The molecule has 0 atom stereocenters. The highest BCUT2D eigenvalue weighted by molar-refractivity contribution is 5.94. The zero-order valence-electron chi connectivity index (χ0n) is 17.0. The van der Waals surface area contributed by atoms with Gasteiger partial charge in [0, 0.05) is 43.8 Å². The summed E-state index contributed by atoms with van der Waals surface area (Å²) in [5, 5.41) is 10.8. The Labute approximate surface area is 170 Å². The second-order valence-electron chi connectivity index (χ2n) is 6.09. The minimum atomic E-state index is 0.541. The van der Waals surface area contributed by atoms with Gasteiger partial charge in [-0.1, -0.05) is 12.1 Å². The number of rotatable bonds is 7. The zero-order valence-corrected chi connectivity index (χ0v) is 17.0. The van der Waals surface area contributed by atoms with E-state index in [0.29, 0.717) is 29.8 Å². The van der Waals surface area contributed by atoms with E-state index in [1.54, 1.807) is 34.6 Å². The highest BCUT2D eigenvalue weighted by atomic mass is 16.5. The molecule has 0 radical (unpaired) electrons. The molecule has 29 heavy (non-hydrogen) atoms. The van der Waals surface area contributed by atoms with E-state index in [0.717, 1.165) is 16.9 Å². The van der Waals surface area contributed by atoms with Gasteiger partial charge in [-0.3, -0.25) is 4.99 Å². The van der Waals surface area contributed by atoms with Crippen molar-refractivity contribution < 1.29 is 14.2 Å². The lowest BCUT2D eigenvalue weighted by Crippen LogP contribution is -2.30. The molecule has 0 unspecified atom stereocenters. The Bertz CT molecular complexity index is 945. The van der Waals surface area contributed by atoms with Crippen molar-refractivity contribution in [1.82, 2.24) is 15.1 Å². The maximum atomic E-state index is 5.40. The van der Waals surface area contributed by atoms with Crippen LogP contribution in [-0.2, 0) is 6.54 Å². The van der Waals surface area contributed by atoms with Crippen LogP contribution in [-0.4, -0.2) is 44.1 Å². The average Bonchev–Trinajstić information content (AvgIpc) is 3.31. The molecule has 2 aromatic carbocycles. The van der Waals surface area contributed by atoms with E-state index in [2.05, 4.69) is 26.8 Å². The van der Waals surface area contributed by atoms with Crippen molar-refractivity contribution in [3.05, 3.63) is 60.4 Å². The van der Waals surface area contributed by atoms with Crippen molar-refractivity contribution in [1.29, 1.82) is 0 Å². The van der Waals surface area contributed by atoms with Gasteiger partial charge in [0.05, 0.1) is 27.0 Å². The smallest absolute Gasteiger partial charge is 0.203 e. The highest BCUT2D eigenvalue weighted by Crippen LogP contribution is 2.39. The molecule has 1 aromatic heterocycles. The first kappa shape index (κ1) is 20.1. The molecule has 0 aliphatic carbocycles. The lowest BCUT2D eigenvalue weighted by atomic mass is 10.2. The fourth-order valence-electron chi connectivity index (χ4n) is 2.89. The number of guanidine groups is 1. The molecule has 0 fully saturated rings. The molecule has 0 saturated carbocycles. The lowest BCUT2D eigenvalue weighted by molar-refractivity contribution is 0.324. The Hall–Kier alpha value is -3.68. The molecule has 0 spiro atoms. The van der Waals surface area contributed by atoms with Gasteiger partial charge >= 0.3 is 0 Å². The Morgan fingerprint density at radius 1 is 1.03 bits per heavy atom. The molecule has 0 aliphatic rings. The molecular formula is C21H25N5O3. The number of hydrogen-bond donors (Lipinski definition) is 2. The van der Waals surface area contributed by atoms with Crippen LogP contribution in [0, 0.1) is 0 Å². The normalized spacial score (nSPS) is 11.1. The third kappa shape index (κ3) is 4.78. The molecule has 0 saturated heterocycles. The Morgan fingerprint density at radius 2 is 1.79 bits per heavy atom. The van der Waals surface area contributed by atoms with E-state index < -0.39 is 0 Å². The molecule has 0 aliphatic heterocycles. The van der Waals surface area contributed by atoms with Crippen molar-refractivity contribution in [2.24, 2.45) is 4.99 Å². The fraction of sp³-hybridized carbons (Fsp3) is 0.238. The quantitative estimate of drug-likeness (QED) is 0.473. The molecular weight excluding hydrogens is 370 g/mol. The summed E-state index contributed by atoms with van der Waals surface area (Å²) >= 11 is 0. The Morgan fingerprint density at radius 3 is 2.38 bits per heavy atom. The van der Waals surface area contributed by atoms with Crippen LogP contribution < -0.4 is 24.8 Å². The summed E-state index contributed by atoms with van der Waals surface area (Å²) in [6.07, 6.45) is 3.67. The van der Waals surface area contributed by atoms with E-state index in [1.165, 1.54) is 0 Å². The first-order valence-electron chi connectivity index (χ1n) is 9.05. The summed E-state index contributed by atoms with van der Waals surface area (Å²) in [6, 6.07) is 13.7. The van der Waals surface area contributed by atoms with Crippen LogP contribution in [0.5, 0.6) is 17.2 Å². The number of anilines is 1. The van der Waals surface area contributed by atoms with Gasteiger partial charge in [0.25, 0.3) is 0 Å². The van der Waals surface area contributed by atoms with Gasteiger partial charge in [0.1, 0.15) is 0 Å². The van der Waals surface area contributed by atoms with Crippen molar-refractivity contribution >= 4 is 11.6 Å². The van der Waals surface area contributed by atoms with Gasteiger partial charge in [-0.25, -0.2) is 4.68 Å². The van der Waals surface area contributed by atoms with Gasteiger partial charge in [0.15, 0.2) is 17.5 Å². The topological polar surface area (TPSA) is 81.9 Å². The van der Waals surface area contributed by atoms with Gasteiger partial charge < -0.3 is 24.8 Å². The summed E-state index contributed by atoms with van der Waals surface area (Å²) in [5.41, 5.74) is 2.87. The van der Waals surface area contributed by atoms with Gasteiger partial charge in [-0.15, -0.1) is 0 Å². The highest BCUT2D eigenvalue weighted by Gasteiger charge is 2.14. The molecule has 0 bridgehead atoms. The molecule has 0 amide bonds. The standard InChI is InChI=1S/C21H25N5O3/c1-22-21(25-16-12-18(27-2)20(29-4)19(13-16)28-3)23-14-15-7-5-8-17(11-15)26-10-6-9-24-26/h5-13H,14H2,1-4H3,(H2,22,23,25). The van der Waals surface area contributed by atoms with Crippen LogP contribution in [0.15, 0.2) is 59.9 Å². The van der Waals surface area contributed by atoms with Crippen LogP contribution in [0.3, 0.4) is 0 Å². The first-order chi connectivity index (χ1) is 14.2. The van der Waals surface area contributed by atoms with Crippen molar-refractivity contribution in [3.8, 4) is 22.9 Å². The summed E-state index contributed by atoms with van der Waals surface area (Å²) in [4.78, 5) is 4.29. The SMILES string of the molecule is CN=C(NCc1cccc(-n2cccn2)c1)Nc1cc(OC)c(OC)c(OC)c1. The summed E-state index contributed by atoms with van der Waals surface area (Å²) < 4.78 is 18.0. The Kier molecular flexibility index (Phi) is 6.57. The van der Waals surface area contributed by atoms with Crippen molar-refractivity contribution in [2.45, 2.75) is 6.54 Å². The molecule has 1 heterocycles. The van der Waals surface area contributed by atoms with Crippen molar-refractivity contribution in [2.75, 3.05) is 33.7 Å². The Balaban J connectivity index is 1.71. The third-order valence-corrected chi connectivity index (χ3v) is 4.29. The second-order valence-corrected chi connectivity index (χ2v) is 6.09. The van der Waals surface area contributed by atoms with E-state index in [-0.39, 0.29) is 0 Å². The number of nitrogens with one attached hydrogen (secondary N) is 2. The number of nitrogens with zero attached hydrogens (tertiary/aromatic N) is 3. The lowest BCUT2D eigenvalue weighted by Gasteiger charge is -2.16. The number of aromatic nitrogens is 2. The largest absolute Gasteiger partial charge is 0.493 e. The number of aliphatic imine (C=N–C) groups is 1. The fourth-order valence-corrected chi connectivity index (χ4v) is 2.89. The number of methoxy groups -OCH3 is 3. The van der Waals surface area contributed by atoms with Crippen LogP contribution in [0.2, 0.25) is 0 Å². The maximum Gasteiger partial charge on any atom is 0.203 e. The first-order valence-corrected chi connectivity index (χ1v) is 9.05. The van der Waals surface area contributed by atoms with E-state index in [9.17, 15) is 0 Å². The third-order valence-electron chi connectivity index (χ3n) is 4.29. The molecule has 3 aromatic rings. The summed E-state index contributed by atoms with van der Waals surface area (Å²) in [6.45, 7) is 0.596. The van der Waals surface area contributed by atoms with Crippen LogP contribution in [0.25, 0.3) is 5.69 Å². The van der Waals surface area contributed by atoms with E-state index >= 15 is 0 Å². The predicted molar refractivity (Wildman–Crippen MR) is 113 cm³/mol. The van der Waals surface area contributed by atoms with E-state index in [4.69, 9.17) is 14.2 Å². The van der Waals surface area contributed by atoms with Crippen LogP contribution in [0.1, 0.15) is 5.56 Å². The summed E-state index contributed by atoms with van der Waals surface area (Å²) in [5.74, 6) is 2.29.